The van der Waals surface area contributed by atoms with Crippen LogP contribution >= 0.6 is 0 Å². The van der Waals surface area contributed by atoms with Gasteiger partial charge in [0, 0.05) is 24.7 Å². The zero-order chi connectivity index (χ0) is 15.6. The Morgan fingerprint density at radius 3 is 2.71 bits per heavy atom. The summed E-state index contributed by atoms with van der Waals surface area (Å²) in [7, 11) is -0.936. The molecule has 0 amide bonds. The highest BCUT2D eigenvalue weighted by Gasteiger charge is 2.28. The van der Waals surface area contributed by atoms with Crippen molar-refractivity contribution in [3.8, 4) is 0 Å². The molecule has 0 saturated carbocycles. The third kappa shape index (κ3) is 4.01. The van der Waals surface area contributed by atoms with Crippen molar-refractivity contribution in [2.24, 2.45) is 5.92 Å². The van der Waals surface area contributed by atoms with E-state index in [1.54, 1.807) is 13.0 Å². The average Bonchev–Trinajstić information content (AvgIpc) is 2.70. The predicted octanol–water partition coefficient (Wildman–Crippen LogP) is 1.77. The number of nitro groups is 1. The normalized spacial score (nSPS) is 20.8. The monoisotopic (exact) mass is 312 g/mol. The van der Waals surface area contributed by atoms with Gasteiger partial charge in [-0.2, -0.15) is 0 Å². The minimum atomic E-state index is -2.86. The summed E-state index contributed by atoms with van der Waals surface area (Å²) < 4.78 is 22.9. The van der Waals surface area contributed by atoms with Crippen molar-refractivity contribution in [1.82, 2.24) is 4.90 Å². The quantitative estimate of drug-likeness (QED) is 0.611. The molecule has 1 saturated heterocycles. The van der Waals surface area contributed by atoms with Crippen molar-refractivity contribution in [3.05, 3.63) is 39.4 Å². The number of nitrogens with zero attached hydrogens (tertiary/aromatic N) is 2. The van der Waals surface area contributed by atoms with E-state index < -0.39 is 9.84 Å². The van der Waals surface area contributed by atoms with Crippen LogP contribution in [-0.4, -0.2) is 43.3 Å². The van der Waals surface area contributed by atoms with E-state index in [2.05, 4.69) is 0 Å². The highest BCUT2D eigenvalue weighted by Crippen LogP contribution is 2.23. The average molecular weight is 312 g/mol. The first-order chi connectivity index (χ1) is 9.78. The first kappa shape index (κ1) is 15.9. The van der Waals surface area contributed by atoms with Gasteiger partial charge in [-0.25, -0.2) is 8.42 Å². The Kier molecular flexibility index (Phi) is 4.63. The van der Waals surface area contributed by atoms with Crippen molar-refractivity contribution < 1.29 is 13.3 Å². The van der Waals surface area contributed by atoms with Crippen LogP contribution in [-0.2, 0) is 16.4 Å². The Hall–Kier alpha value is -1.47. The second-order valence-electron chi connectivity index (χ2n) is 5.78. The van der Waals surface area contributed by atoms with Gasteiger partial charge in [0.2, 0.25) is 0 Å². The van der Waals surface area contributed by atoms with Crippen LogP contribution in [0.3, 0.4) is 0 Å². The second-order valence-corrected chi connectivity index (χ2v) is 8.01. The molecule has 116 valence electrons. The second kappa shape index (κ2) is 6.11. The molecular formula is C14H20N2O4S. The molecule has 6 nitrogen and oxygen atoms in total. The van der Waals surface area contributed by atoms with Gasteiger partial charge in [-0.05, 0) is 31.9 Å². The topological polar surface area (TPSA) is 80.5 Å². The first-order valence-electron chi connectivity index (χ1n) is 6.90. The van der Waals surface area contributed by atoms with Crippen LogP contribution < -0.4 is 0 Å². The number of nitro benzene ring substituents is 1. The van der Waals surface area contributed by atoms with E-state index in [0.717, 1.165) is 5.56 Å². The molecule has 1 aliphatic heterocycles. The van der Waals surface area contributed by atoms with E-state index in [1.165, 1.54) is 6.07 Å². The number of rotatable bonds is 5. The third-order valence-electron chi connectivity index (χ3n) is 3.95. The van der Waals surface area contributed by atoms with Crippen molar-refractivity contribution in [3.63, 3.8) is 0 Å². The summed E-state index contributed by atoms with van der Waals surface area (Å²) in [5.41, 5.74) is 1.71. The highest BCUT2D eigenvalue weighted by atomic mass is 32.2. The van der Waals surface area contributed by atoms with Gasteiger partial charge in [0.1, 0.15) is 0 Å². The molecule has 1 aromatic carbocycles. The van der Waals surface area contributed by atoms with Crippen LogP contribution in [0.1, 0.15) is 17.5 Å². The van der Waals surface area contributed by atoms with E-state index in [1.807, 2.05) is 18.0 Å². The van der Waals surface area contributed by atoms with Gasteiger partial charge in [0.05, 0.1) is 16.4 Å². The number of sulfone groups is 1. The molecule has 7 heteroatoms. The molecule has 2 rings (SSSR count). The lowest BCUT2D eigenvalue weighted by atomic mass is 10.1. The van der Waals surface area contributed by atoms with Crippen LogP contribution in [0.5, 0.6) is 0 Å². The molecule has 0 radical (unpaired) electrons. The molecule has 1 heterocycles. The summed E-state index contributed by atoms with van der Waals surface area (Å²) in [4.78, 5) is 12.6. The Morgan fingerprint density at radius 2 is 2.14 bits per heavy atom. The molecule has 0 unspecified atom stereocenters. The van der Waals surface area contributed by atoms with Crippen LogP contribution in [0.4, 0.5) is 5.69 Å². The number of hydrogen-bond acceptors (Lipinski definition) is 5. The SMILES string of the molecule is Cc1c(CN(C)C[C@@H]2CCS(=O)(=O)C2)cccc1[N+](=O)[O-]. The lowest BCUT2D eigenvalue weighted by Crippen LogP contribution is -2.26. The Labute approximate surface area is 124 Å². The molecule has 0 aliphatic carbocycles. The van der Waals surface area contributed by atoms with Crippen LogP contribution in [0, 0.1) is 23.0 Å². The molecule has 0 N–H and O–H groups in total. The fourth-order valence-corrected chi connectivity index (χ4v) is 4.70. The highest BCUT2D eigenvalue weighted by molar-refractivity contribution is 7.91. The maximum Gasteiger partial charge on any atom is 0.272 e. The molecule has 0 aromatic heterocycles. The molecule has 21 heavy (non-hydrogen) atoms. The fourth-order valence-electron chi connectivity index (χ4n) is 2.85. The summed E-state index contributed by atoms with van der Waals surface area (Å²) in [6.45, 7) is 3.03. The standard InChI is InChI=1S/C14H20N2O4S/c1-11-13(4-3-5-14(11)16(17)18)9-15(2)8-12-6-7-21(19,20)10-12/h3-5,12H,6-10H2,1-2H3/t12-/m0/s1. The molecular weight excluding hydrogens is 292 g/mol. The number of benzene rings is 1. The maximum absolute atomic E-state index is 11.5. The molecule has 0 spiro atoms. The minimum absolute atomic E-state index is 0.129. The summed E-state index contributed by atoms with van der Waals surface area (Å²) in [6, 6.07) is 5.07. The molecule has 1 fully saturated rings. The zero-order valence-corrected chi connectivity index (χ0v) is 13.1. The van der Waals surface area contributed by atoms with Crippen molar-refractivity contribution in [1.29, 1.82) is 0 Å². The fraction of sp³-hybridized carbons (Fsp3) is 0.571. The van der Waals surface area contributed by atoms with E-state index in [9.17, 15) is 18.5 Å². The van der Waals surface area contributed by atoms with Crippen LogP contribution in [0.2, 0.25) is 0 Å². The Bertz CT molecular complexity index is 642. The summed E-state index contributed by atoms with van der Waals surface area (Å²) in [5.74, 6) is 0.700. The van der Waals surface area contributed by atoms with E-state index in [0.29, 0.717) is 25.1 Å². The third-order valence-corrected chi connectivity index (χ3v) is 5.79. The molecule has 1 atom stereocenters. The van der Waals surface area contributed by atoms with Crippen molar-refractivity contribution in [2.45, 2.75) is 19.9 Å². The van der Waals surface area contributed by atoms with Crippen LogP contribution in [0.25, 0.3) is 0 Å². The van der Waals surface area contributed by atoms with E-state index >= 15 is 0 Å². The lowest BCUT2D eigenvalue weighted by molar-refractivity contribution is -0.385. The Balaban J connectivity index is 2.02. The first-order valence-corrected chi connectivity index (χ1v) is 8.72. The van der Waals surface area contributed by atoms with E-state index in [4.69, 9.17) is 0 Å². The van der Waals surface area contributed by atoms with Crippen molar-refractivity contribution in [2.75, 3.05) is 25.1 Å². The van der Waals surface area contributed by atoms with E-state index in [-0.39, 0.29) is 28.0 Å². The summed E-state index contributed by atoms with van der Waals surface area (Å²) in [5, 5.41) is 10.9. The van der Waals surface area contributed by atoms with Crippen molar-refractivity contribution >= 4 is 15.5 Å². The van der Waals surface area contributed by atoms with Gasteiger partial charge in [-0.15, -0.1) is 0 Å². The van der Waals surface area contributed by atoms with Gasteiger partial charge in [0.15, 0.2) is 9.84 Å². The van der Waals surface area contributed by atoms with Gasteiger partial charge in [-0.1, -0.05) is 12.1 Å². The maximum atomic E-state index is 11.5. The molecule has 0 bridgehead atoms. The molecule has 1 aromatic rings. The van der Waals surface area contributed by atoms with Crippen LogP contribution in [0.15, 0.2) is 18.2 Å². The molecule has 1 aliphatic rings. The van der Waals surface area contributed by atoms with Gasteiger partial charge < -0.3 is 4.90 Å². The smallest absolute Gasteiger partial charge is 0.272 e. The lowest BCUT2D eigenvalue weighted by Gasteiger charge is -2.21. The van der Waals surface area contributed by atoms with Gasteiger partial charge in [0.25, 0.3) is 5.69 Å². The largest absolute Gasteiger partial charge is 0.302 e. The zero-order valence-electron chi connectivity index (χ0n) is 12.3. The number of hydrogen-bond donors (Lipinski definition) is 0. The summed E-state index contributed by atoms with van der Waals surface area (Å²) >= 11 is 0. The Morgan fingerprint density at radius 1 is 1.43 bits per heavy atom. The predicted molar refractivity (Wildman–Crippen MR) is 80.9 cm³/mol. The van der Waals surface area contributed by atoms with Gasteiger partial charge >= 0.3 is 0 Å². The van der Waals surface area contributed by atoms with Gasteiger partial charge in [-0.3, -0.25) is 10.1 Å². The summed E-state index contributed by atoms with van der Waals surface area (Å²) in [6.07, 6.45) is 0.709. The minimum Gasteiger partial charge on any atom is -0.302 e.